The molecule has 2 heterocycles. The van der Waals surface area contributed by atoms with Crippen LogP contribution in [0.1, 0.15) is 5.82 Å². The molecule has 8 nitrogen and oxygen atoms in total. The zero-order valence-corrected chi connectivity index (χ0v) is 7.76. The van der Waals surface area contributed by atoms with Crippen molar-refractivity contribution in [2.45, 2.75) is 10.9 Å². The Hall–Kier alpha value is -1.77. The molecule has 74 valence electrons. The maximum atomic E-state index is 10.7. The smallest absolute Gasteiger partial charge is 0.340 e. The molecular weight excluding hydrogens is 206 g/mol. The molecule has 0 atom stereocenters. The van der Waals surface area contributed by atoms with Crippen molar-refractivity contribution in [3.05, 3.63) is 16.3 Å². The van der Waals surface area contributed by atoms with Crippen molar-refractivity contribution in [3.63, 3.8) is 0 Å². The highest BCUT2D eigenvalue weighted by Crippen LogP contribution is 2.15. The fourth-order valence-corrected chi connectivity index (χ4v) is 1.50. The van der Waals surface area contributed by atoms with E-state index in [1.165, 1.54) is 11.8 Å². The number of nitrogens with zero attached hydrogens (tertiary/aromatic N) is 3. The summed E-state index contributed by atoms with van der Waals surface area (Å²) in [5.41, 5.74) is 5.01. The van der Waals surface area contributed by atoms with Crippen molar-refractivity contribution in [2.24, 2.45) is 0 Å². The van der Waals surface area contributed by atoms with Gasteiger partial charge in [-0.25, -0.2) is 15.0 Å². The summed E-state index contributed by atoms with van der Waals surface area (Å²) in [6.45, 7) is 0. The van der Waals surface area contributed by atoms with Crippen molar-refractivity contribution in [3.8, 4) is 0 Å². The van der Waals surface area contributed by atoms with Gasteiger partial charge in [-0.05, 0) is 0 Å². The van der Waals surface area contributed by atoms with Crippen LogP contribution in [0.2, 0.25) is 0 Å². The Bertz CT molecular complexity index is 470. The first-order chi connectivity index (χ1) is 6.74. The van der Waals surface area contributed by atoms with Gasteiger partial charge in [-0.2, -0.15) is 10.1 Å². The number of nitrogen functional groups attached to an aromatic ring is 1. The van der Waals surface area contributed by atoms with Crippen LogP contribution in [0.25, 0.3) is 0 Å². The van der Waals surface area contributed by atoms with Crippen LogP contribution in [0.15, 0.2) is 9.95 Å². The van der Waals surface area contributed by atoms with Crippen LogP contribution in [-0.4, -0.2) is 30.4 Å². The van der Waals surface area contributed by atoms with Gasteiger partial charge in [-0.3, -0.25) is 4.98 Å². The zero-order chi connectivity index (χ0) is 9.97. The van der Waals surface area contributed by atoms with Gasteiger partial charge in [0.1, 0.15) is 5.82 Å². The molecule has 0 radical (unpaired) electrons. The molecule has 0 aromatic carbocycles. The number of nitrogens with one attached hydrogen (secondary N) is 3. The van der Waals surface area contributed by atoms with Gasteiger partial charge in [0.15, 0.2) is 0 Å². The lowest BCUT2D eigenvalue weighted by molar-refractivity contribution is 0.965. The number of thioether (sulfide) groups is 1. The fourth-order valence-electron chi connectivity index (χ4n) is 0.829. The predicted molar refractivity (Wildman–Crippen MR) is 49.6 cm³/mol. The Morgan fingerprint density at radius 3 is 2.79 bits per heavy atom. The van der Waals surface area contributed by atoms with Gasteiger partial charge >= 0.3 is 5.69 Å². The number of aromatic nitrogens is 6. The van der Waals surface area contributed by atoms with E-state index >= 15 is 0 Å². The Morgan fingerprint density at radius 2 is 2.21 bits per heavy atom. The van der Waals surface area contributed by atoms with Crippen molar-refractivity contribution in [1.82, 2.24) is 30.4 Å². The number of hydrogen-bond donors (Lipinski definition) is 4. The third-order valence-electron chi connectivity index (χ3n) is 1.37. The second-order valence-corrected chi connectivity index (χ2v) is 3.36. The van der Waals surface area contributed by atoms with Crippen LogP contribution in [0.5, 0.6) is 0 Å². The lowest BCUT2D eigenvalue weighted by Crippen LogP contribution is -2.00. The van der Waals surface area contributed by atoms with E-state index in [4.69, 9.17) is 5.73 Å². The zero-order valence-electron chi connectivity index (χ0n) is 6.94. The van der Waals surface area contributed by atoms with E-state index in [-0.39, 0.29) is 11.6 Å². The number of aromatic amines is 3. The van der Waals surface area contributed by atoms with Gasteiger partial charge in [0, 0.05) is 0 Å². The number of anilines is 1. The summed E-state index contributed by atoms with van der Waals surface area (Å²) in [4.78, 5) is 17.1. The lowest BCUT2D eigenvalue weighted by atomic mass is 10.7. The Labute approximate surface area is 81.7 Å². The SMILES string of the molecule is Nc1nc(SCc2n[nH]c(=O)[nH]2)n[nH]1. The van der Waals surface area contributed by atoms with Crippen LogP contribution in [0, 0.1) is 0 Å². The van der Waals surface area contributed by atoms with Crippen LogP contribution < -0.4 is 11.4 Å². The van der Waals surface area contributed by atoms with Gasteiger partial charge in [0.2, 0.25) is 11.1 Å². The number of hydrogen-bond acceptors (Lipinski definition) is 6. The van der Waals surface area contributed by atoms with Crippen LogP contribution in [0.3, 0.4) is 0 Å². The van der Waals surface area contributed by atoms with Crippen molar-refractivity contribution < 1.29 is 0 Å². The topological polar surface area (TPSA) is 129 Å². The molecule has 0 bridgehead atoms. The van der Waals surface area contributed by atoms with Gasteiger partial charge < -0.3 is 5.73 Å². The molecule has 0 unspecified atom stereocenters. The summed E-state index contributed by atoms with van der Waals surface area (Å²) < 4.78 is 0. The highest BCUT2D eigenvalue weighted by Gasteiger charge is 2.03. The molecule has 0 saturated carbocycles. The molecule has 9 heteroatoms. The molecule has 0 spiro atoms. The van der Waals surface area contributed by atoms with Crippen molar-refractivity contribution in [2.75, 3.05) is 5.73 Å². The Kier molecular flexibility index (Phi) is 2.23. The maximum Gasteiger partial charge on any atom is 0.340 e. The van der Waals surface area contributed by atoms with Gasteiger partial charge in [0.25, 0.3) is 0 Å². The minimum atomic E-state index is -0.324. The normalized spacial score (nSPS) is 10.6. The van der Waals surface area contributed by atoms with Crippen LogP contribution in [-0.2, 0) is 5.75 Å². The Morgan fingerprint density at radius 1 is 1.36 bits per heavy atom. The first-order valence-corrected chi connectivity index (χ1v) is 4.67. The van der Waals surface area contributed by atoms with Crippen molar-refractivity contribution in [1.29, 1.82) is 0 Å². The summed E-state index contributed by atoms with van der Waals surface area (Å²) >= 11 is 1.32. The van der Waals surface area contributed by atoms with E-state index in [0.717, 1.165) is 0 Å². The summed E-state index contributed by atoms with van der Waals surface area (Å²) in [7, 11) is 0. The average Bonchev–Trinajstić information content (AvgIpc) is 2.72. The third-order valence-corrected chi connectivity index (χ3v) is 2.23. The summed E-state index contributed by atoms with van der Waals surface area (Å²) in [5.74, 6) is 1.29. The largest absolute Gasteiger partial charge is 0.368 e. The highest BCUT2D eigenvalue weighted by molar-refractivity contribution is 7.98. The second-order valence-electron chi connectivity index (χ2n) is 2.42. The van der Waals surface area contributed by atoms with E-state index in [1.807, 2.05) is 0 Å². The molecule has 2 rings (SSSR count). The van der Waals surface area contributed by atoms with Gasteiger partial charge in [-0.1, -0.05) is 11.8 Å². The molecule has 0 amide bonds. The first kappa shape index (κ1) is 8.81. The highest BCUT2D eigenvalue weighted by atomic mass is 32.2. The minimum Gasteiger partial charge on any atom is -0.368 e. The average molecular weight is 213 g/mol. The summed E-state index contributed by atoms with van der Waals surface area (Å²) in [6.07, 6.45) is 0. The molecule has 5 N–H and O–H groups in total. The molecular formula is C5H7N7OS. The quantitative estimate of drug-likeness (QED) is 0.488. The second kappa shape index (κ2) is 3.54. The third kappa shape index (κ3) is 1.93. The minimum absolute atomic E-state index is 0.267. The molecule has 0 aliphatic carbocycles. The standard InChI is InChI=1S/C5H7N7OS/c6-3-8-5(12-10-3)14-1-2-7-4(13)11-9-2/h1H2,(H3,6,8,10,12)(H2,7,9,11,13). The molecule has 14 heavy (non-hydrogen) atoms. The van der Waals surface area contributed by atoms with Crippen molar-refractivity contribution >= 4 is 17.7 Å². The first-order valence-electron chi connectivity index (χ1n) is 3.68. The van der Waals surface area contributed by atoms with E-state index in [0.29, 0.717) is 16.7 Å². The molecule has 0 saturated heterocycles. The lowest BCUT2D eigenvalue weighted by Gasteiger charge is -1.89. The van der Waals surface area contributed by atoms with E-state index in [1.54, 1.807) is 0 Å². The fraction of sp³-hybridized carbons (Fsp3) is 0.200. The molecule has 2 aromatic rings. The molecule has 0 aliphatic heterocycles. The monoisotopic (exact) mass is 213 g/mol. The van der Waals surface area contributed by atoms with Crippen LogP contribution in [0.4, 0.5) is 5.95 Å². The van der Waals surface area contributed by atoms with Gasteiger partial charge in [0.05, 0.1) is 5.75 Å². The molecule has 0 aliphatic rings. The van der Waals surface area contributed by atoms with E-state index in [2.05, 4.69) is 30.4 Å². The van der Waals surface area contributed by atoms with E-state index < -0.39 is 0 Å². The van der Waals surface area contributed by atoms with E-state index in [9.17, 15) is 4.79 Å². The number of nitrogens with two attached hydrogens (primary N) is 1. The number of H-pyrrole nitrogens is 3. The predicted octanol–water partition coefficient (Wildman–Crippen LogP) is -0.909. The molecule has 2 aromatic heterocycles. The number of rotatable bonds is 3. The summed E-state index contributed by atoms with van der Waals surface area (Å²) in [6, 6.07) is 0. The maximum absolute atomic E-state index is 10.7. The molecule has 0 fully saturated rings. The summed E-state index contributed by atoms with van der Waals surface area (Å²) in [5, 5.41) is 12.8. The Balaban J connectivity index is 1.98. The van der Waals surface area contributed by atoms with Gasteiger partial charge in [-0.15, -0.1) is 5.10 Å². The van der Waals surface area contributed by atoms with Crippen LogP contribution >= 0.6 is 11.8 Å².